The summed E-state index contributed by atoms with van der Waals surface area (Å²) in [5.74, 6) is 0.163. The Kier molecular flexibility index (Phi) is 4.90. The topological polar surface area (TPSA) is 20.9 Å². The largest absolute Gasteiger partial charge is 0.286 e. The van der Waals surface area contributed by atoms with Crippen LogP contribution in [0.1, 0.15) is 9.67 Å². The Labute approximate surface area is 110 Å². The van der Waals surface area contributed by atoms with Crippen molar-refractivity contribution in [3.63, 3.8) is 0 Å². The molecule has 2 aromatic heterocycles. The van der Waals surface area contributed by atoms with Crippen LogP contribution in [0.2, 0.25) is 0 Å². The molecule has 2 rings (SSSR count). The first-order chi connectivity index (χ1) is 6.86. The molecule has 0 aromatic carbocycles. The summed E-state index contributed by atoms with van der Waals surface area (Å²) in [6.07, 6.45) is 3.79. The SMILES string of the molecule is I.O=C(C[n+]1ccccc1)c1cccs1. The molecule has 78 valence electrons. The van der Waals surface area contributed by atoms with E-state index in [1.165, 1.54) is 11.3 Å². The standard InChI is InChI=1S/C11H10NOS.HI/c13-10(11-5-4-8-14-11)9-12-6-2-1-3-7-12;/h1-8H,9H2;1H/q+1;. The van der Waals surface area contributed by atoms with Gasteiger partial charge >= 0.3 is 0 Å². The molecule has 4 heteroatoms. The lowest BCUT2D eigenvalue weighted by Crippen LogP contribution is -2.36. The quantitative estimate of drug-likeness (QED) is 0.481. The molecule has 2 aromatic rings. The van der Waals surface area contributed by atoms with Crippen molar-refractivity contribution in [2.24, 2.45) is 0 Å². The molecular formula is C11H11INOS+. The molecule has 0 saturated carbocycles. The number of carbonyl (C=O) groups excluding carboxylic acids is 1. The van der Waals surface area contributed by atoms with Crippen molar-refractivity contribution in [3.8, 4) is 0 Å². The lowest BCUT2D eigenvalue weighted by Gasteiger charge is -1.93. The summed E-state index contributed by atoms with van der Waals surface area (Å²) in [6.45, 7) is 0.418. The summed E-state index contributed by atoms with van der Waals surface area (Å²) in [4.78, 5) is 12.5. The number of pyridine rings is 1. The van der Waals surface area contributed by atoms with Gasteiger partial charge in [-0.15, -0.1) is 35.3 Å². The van der Waals surface area contributed by atoms with E-state index in [1.807, 2.05) is 52.7 Å². The molecule has 0 aliphatic heterocycles. The zero-order valence-electron chi connectivity index (χ0n) is 8.00. The Hall–Kier alpha value is -0.750. The zero-order chi connectivity index (χ0) is 9.80. The number of ketones is 1. The number of halogens is 1. The third kappa shape index (κ3) is 3.39. The molecule has 0 unspecified atom stereocenters. The molecule has 0 radical (unpaired) electrons. The van der Waals surface area contributed by atoms with Crippen LogP contribution in [0.25, 0.3) is 0 Å². The molecule has 0 atom stereocenters. The van der Waals surface area contributed by atoms with Crippen molar-refractivity contribution in [1.29, 1.82) is 0 Å². The van der Waals surface area contributed by atoms with E-state index in [4.69, 9.17) is 0 Å². The van der Waals surface area contributed by atoms with Gasteiger partial charge in [0.05, 0.1) is 4.88 Å². The molecule has 0 saturated heterocycles. The van der Waals surface area contributed by atoms with Gasteiger partial charge in [-0.1, -0.05) is 12.1 Å². The lowest BCUT2D eigenvalue weighted by molar-refractivity contribution is -0.683. The van der Waals surface area contributed by atoms with Crippen molar-refractivity contribution in [1.82, 2.24) is 0 Å². The Balaban J connectivity index is 0.00000112. The number of rotatable bonds is 3. The van der Waals surface area contributed by atoms with Crippen LogP contribution in [0.4, 0.5) is 0 Å². The molecule has 0 bridgehead atoms. The number of nitrogens with zero attached hydrogens (tertiary/aromatic N) is 1. The fraction of sp³-hybridized carbons (Fsp3) is 0.0909. The van der Waals surface area contributed by atoms with Gasteiger partial charge in [0.2, 0.25) is 12.3 Å². The molecule has 2 heterocycles. The summed E-state index contributed by atoms with van der Waals surface area (Å²) in [5, 5.41) is 1.92. The highest BCUT2D eigenvalue weighted by molar-refractivity contribution is 14.0. The van der Waals surface area contributed by atoms with E-state index in [0.717, 1.165) is 4.88 Å². The van der Waals surface area contributed by atoms with Gasteiger partial charge in [-0.05, 0) is 11.4 Å². The first-order valence-electron chi connectivity index (χ1n) is 4.37. The average molecular weight is 332 g/mol. The number of carbonyl (C=O) groups is 1. The minimum Gasteiger partial charge on any atom is -0.286 e. The van der Waals surface area contributed by atoms with Crippen LogP contribution in [0, 0.1) is 0 Å². The normalized spacial score (nSPS) is 9.33. The van der Waals surface area contributed by atoms with Crippen LogP contribution in [0.3, 0.4) is 0 Å². The number of thiophene rings is 1. The minimum atomic E-state index is 0. The smallest absolute Gasteiger partial charge is 0.237 e. The lowest BCUT2D eigenvalue weighted by atomic mass is 10.3. The molecule has 0 amide bonds. The second-order valence-electron chi connectivity index (χ2n) is 2.95. The maximum absolute atomic E-state index is 11.7. The zero-order valence-corrected chi connectivity index (χ0v) is 11.1. The maximum Gasteiger partial charge on any atom is 0.237 e. The first kappa shape index (κ1) is 12.3. The Morgan fingerprint density at radius 2 is 1.93 bits per heavy atom. The highest BCUT2D eigenvalue weighted by Gasteiger charge is 2.11. The van der Waals surface area contributed by atoms with Crippen molar-refractivity contribution in [3.05, 3.63) is 53.0 Å². The Morgan fingerprint density at radius 1 is 1.20 bits per heavy atom. The fourth-order valence-corrected chi connectivity index (χ4v) is 1.88. The van der Waals surface area contributed by atoms with E-state index >= 15 is 0 Å². The summed E-state index contributed by atoms with van der Waals surface area (Å²) < 4.78 is 1.88. The highest BCUT2D eigenvalue weighted by Crippen LogP contribution is 2.08. The fourth-order valence-electron chi connectivity index (χ4n) is 1.22. The molecule has 0 fully saturated rings. The number of aromatic nitrogens is 1. The van der Waals surface area contributed by atoms with Crippen molar-refractivity contribution < 1.29 is 9.36 Å². The highest BCUT2D eigenvalue weighted by atomic mass is 127. The molecule has 15 heavy (non-hydrogen) atoms. The van der Waals surface area contributed by atoms with Gasteiger partial charge in [-0.2, -0.15) is 4.57 Å². The van der Waals surface area contributed by atoms with Crippen LogP contribution < -0.4 is 4.57 Å². The summed E-state index contributed by atoms with van der Waals surface area (Å²) in [7, 11) is 0. The van der Waals surface area contributed by atoms with Gasteiger partial charge < -0.3 is 0 Å². The third-order valence-corrected chi connectivity index (χ3v) is 2.81. The molecule has 0 N–H and O–H groups in total. The van der Waals surface area contributed by atoms with Gasteiger partial charge in [-0.3, -0.25) is 4.79 Å². The molecule has 0 aliphatic rings. The molecule has 2 nitrogen and oxygen atoms in total. The van der Waals surface area contributed by atoms with Crippen molar-refractivity contribution >= 4 is 41.1 Å². The van der Waals surface area contributed by atoms with Crippen LogP contribution in [0.5, 0.6) is 0 Å². The summed E-state index contributed by atoms with van der Waals surface area (Å²) >= 11 is 1.49. The molecule has 0 spiro atoms. The molecular weight excluding hydrogens is 321 g/mol. The Morgan fingerprint density at radius 3 is 2.53 bits per heavy atom. The van der Waals surface area contributed by atoms with Gasteiger partial charge in [-0.25, -0.2) is 0 Å². The third-order valence-electron chi connectivity index (χ3n) is 1.90. The summed E-state index contributed by atoms with van der Waals surface area (Å²) in [6, 6.07) is 9.53. The van der Waals surface area contributed by atoms with Gasteiger partial charge in [0.25, 0.3) is 0 Å². The second kappa shape index (κ2) is 5.97. The number of hydrogen-bond acceptors (Lipinski definition) is 2. The van der Waals surface area contributed by atoms with E-state index < -0.39 is 0 Å². The second-order valence-corrected chi connectivity index (χ2v) is 3.90. The van der Waals surface area contributed by atoms with Crippen molar-refractivity contribution in [2.75, 3.05) is 0 Å². The van der Waals surface area contributed by atoms with E-state index in [1.54, 1.807) is 0 Å². The first-order valence-corrected chi connectivity index (χ1v) is 5.25. The number of Topliss-reactive ketones (excluding diaryl/α,β-unsaturated/α-hetero) is 1. The monoisotopic (exact) mass is 332 g/mol. The van der Waals surface area contributed by atoms with Crippen LogP contribution in [-0.2, 0) is 6.54 Å². The number of hydrogen-bond donors (Lipinski definition) is 0. The molecule has 0 aliphatic carbocycles. The summed E-state index contributed by atoms with van der Waals surface area (Å²) in [5.41, 5.74) is 0. The van der Waals surface area contributed by atoms with Gasteiger partial charge in [0.15, 0.2) is 12.4 Å². The average Bonchev–Trinajstić information content (AvgIpc) is 2.72. The van der Waals surface area contributed by atoms with E-state index in [0.29, 0.717) is 6.54 Å². The van der Waals surface area contributed by atoms with Crippen LogP contribution >= 0.6 is 35.3 Å². The Bertz CT molecular complexity index is 413. The van der Waals surface area contributed by atoms with E-state index in [9.17, 15) is 4.79 Å². The predicted octanol–water partition coefficient (Wildman–Crippen LogP) is 2.54. The predicted molar refractivity (Wildman–Crippen MR) is 70.7 cm³/mol. The van der Waals surface area contributed by atoms with Crippen LogP contribution in [0.15, 0.2) is 48.1 Å². The van der Waals surface area contributed by atoms with E-state index in [2.05, 4.69) is 0 Å². The van der Waals surface area contributed by atoms with Gasteiger partial charge in [0.1, 0.15) is 0 Å². The van der Waals surface area contributed by atoms with Gasteiger partial charge in [0, 0.05) is 12.1 Å². The minimum absolute atomic E-state index is 0. The van der Waals surface area contributed by atoms with E-state index in [-0.39, 0.29) is 29.8 Å². The maximum atomic E-state index is 11.7. The van der Waals surface area contributed by atoms with Crippen LogP contribution in [-0.4, -0.2) is 5.78 Å². The van der Waals surface area contributed by atoms with Crippen molar-refractivity contribution in [2.45, 2.75) is 6.54 Å².